The number of sulfone groups is 1. The molecule has 0 aromatic rings. The first-order valence-electron chi connectivity index (χ1n) is 5.28. The fourth-order valence-corrected chi connectivity index (χ4v) is 3.76. The van der Waals surface area contributed by atoms with E-state index in [0.717, 1.165) is 0 Å². The molecule has 0 aliphatic heterocycles. The molecule has 1 rings (SSSR count). The van der Waals surface area contributed by atoms with Gasteiger partial charge in [0.2, 0.25) is 5.91 Å². The lowest BCUT2D eigenvalue weighted by molar-refractivity contribution is -0.138. The van der Waals surface area contributed by atoms with Crippen LogP contribution in [0.15, 0.2) is 0 Å². The van der Waals surface area contributed by atoms with Gasteiger partial charge in [-0.1, -0.05) is 0 Å². The van der Waals surface area contributed by atoms with Gasteiger partial charge in [0, 0.05) is 14.1 Å². The summed E-state index contributed by atoms with van der Waals surface area (Å²) in [7, 11) is -0.545. The van der Waals surface area contributed by atoms with Crippen LogP contribution >= 0.6 is 0 Å². The number of hydrogen-bond donors (Lipinski definition) is 1. The zero-order valence-corrected chi connectivity index (χ0v) is 10.8. The Morgan fingerprint density at radius 2 is 1.82 bits per heavy atom. The van der Waals surface area contributed by atoms with E-state index in [9.17, 15) is 18.0 Å². The summed E-state index contributed by atoms with van der Waals surface area (Å²) >= 11 is 0. The summed E-state index contributed by atoms with van der Waals surface area (Å²) in [5.41, 5.74) is -0.628. The van der Waals surface area contributed by atoms with Gasteiger partial charge in [-0.05, 0) is 18.3 Å². The minimum absolute atomic E-state index is 0.137. The Kier molecular flexibility index (Phi) is 3.81. The zero-order valence-electron chi connectivity index (χ0n) is 9.97. The van der Waals surface area contributed by atoms with Crippen LogP contribution in [0.5, 0.6) is 0 Å². The zero-order chi connectivity index (χ0) is 13.3. The molecule has 0 spiro atoms. The molecule has 98 valence electrons. The van der Waals surface area contributed by atoms with E-state index in [1.807, 2.05) is 0 Å². The molecule has 1 fully saturated rings. The van der Waals surface area contributed by atoms with Crippen LogP contribution in [0.3, 0.4) is 0 Å². The molecule has 0 radical (unpaired) electrons. The van der Waals surface area contributed by atoms with E-state index in [-0.39, 0.29) is 12.2 Å². The second-order valence-corrected chi connectivity index (χ2v) is 6.96. The molecule has 6 nitrogen and oxygen atoms in total. The Labute approximate surface area is 101 Å². The van der Waals surface area contributed by atoms with Gasteiger partial charge in [-0.3, -0.25) is 9.59 Å². The van der Waals surface area contributed by atoms with Crippen molar-refractivity contribution in [1.29, 1.82) is 0 Å². The number of carbonyl (C=O) groups is 2. The van der Waals surface area contributed by atoms with Gasteiger partial charge in [-0.15, -0.1) is 0 Å². The molecule has 1 N–H and O–H groups in total. The van der Waals surface area contributed by atoms with Crippen LogP contribution in [0.25, 0.3) is 0 Å². The normalized spacial score (nSPS) is 17.5. The van der Waals surface area contributed by atoms with Gasteiger partial charge in [0.1, 0.15) is 5.75 Å². The molecule has 0 unspecified atom stereocenters. The number of amides is 1. The van der Waals surface area contributed by atoms with E-state index in [1.165, 1.54) is 19.0 Å². The highest BCUT2D eigenvalue weighted by Gasteiger charge is 2.47. The second kappa shape index (κ2) is 4.64. The van der Waals surface area contributed by atoms with Crippen molar-refractivity contribution in [3.05, 3.63) is 0 Å². The quantitative estimate of drug-likeness (QED) is 0.713. The third-order valence-electron chi connectivity index (χ3n) is 2.85. The summed E-state index contributed by atoms with van der Waals surface area (Å²) < 4.78 is 23.5. The van der Waals surface area contributed by atoms with Crippen LogP contribution in [0.1, 0.15) is 19.3 Å². The predicted molar refractivity (Wildman–Crippen MR) is 61.3 cm³/mol. The predicted octanol–water partition coefficient (Wildman–Crippen LogP) is -0.256. The Hall–Kier alpha value is -1.11. The van der Waals surface area contributed by atoms with Crippen LogP contribution in [0, 0.1) is 5.41 Å². The van der Waals surface area contributed by atoms with Gasteiger partial charge in [0.25, 0.3) is 0 Å². The van der Waals surface area contributed by atoms with Crippen molar-refractivity contribution in [3.63, 3.8) is 0 Å². The molecule has 0 bridgehead atoms. The molecule has 1 amide bonds. The van der Waals surface area contributed by atoms with Gasteiger partial charge in [0.05, 0.1) is 12.2 Å². The van der Waals surface area contributed by atoms with Crippen molar-refractivity contribution in [1.82, 2.24) is 4.90 Å². The van der Waals surface area contributed by atoms with Crippen LogP contribution in [0.2, 0.25) is 0 Å². The first-order valence-corrected chi connectivity index (χ1v) is 7.10. The van der Waals surface area contributed by atoms with Crippen LogP contribution < -0.4 is 0 Å². The molecular formula is C10H17NO5S. The molecule has 7 heteroatoms. The average molecular weight is 263 g/mol. The summed E-state index contributed by atoms with van der Waals surface area (Å²) in [4.78, 5) is 23.1. The summed E-state index contributed by atoms with van der Waals surface area (Å²) in [6.45, 7) is 0. The highest BCUT2D eigenvalue weighted by molar-refractivity contribution is 7.92. The maximum atomic E-state index is 11.7. The number of hydrogen-bond acceptors (Lipinski definition) is 4. The molecule has 1 aliphatic carbocycles. The molecular weight excluding hydrogens is 246 g/mol. The highest BCUT2D eigenvalue weighted by atomic mass is 32.2. The average Bonchev–Trinajstić information content (AvgIpc) is 2.80. The van der Waals surface area contributed by atoms with Gasteiger partial charge in [-0.2, -0.15) is 0 Å². The molecule has 17 heavy (non-hydrogen) atoms. The monoisotopic (exact) mass is 263 g/mol. The van der Waals surface area contributed by atoms with Crippen molar-refractivity contribution >= 4 is 21.7 Å². The van der Waals surface area contributed by atoms with Gasteiger partial charge >= 0.3 is 5.97 Å². The van der Waals surface area contributed by atoms with Gasteiger partial charge in [0.15, 0.2) is 9.84 Å². The topological polar surface area (TPSA) is 91.8 Å². The molecule has 0 aromatic carbocycles. The second-order valence-electron chi connectivity index (χ2n) is 4.89. The maximum absolute atomic E-state index is 11.7. The minimum atomic E-state index is -3.52. The van der Waals surface area contributed by atoms with E-state index in [0.29, 0.717) is 12.8 Å². The van der Waals surface area contributed by atoms with Crippen molar-refractivity contribution < 1.29 is 23.1 Å². The fraction of sp³-hybridized carbons (Fsp3) is 0.800. The third kappa shape index (κ3) is 4.33. The Morgan fingerprint density at radius 3 is 2.18 bits per heavy atom. The summed E-state index contributed by atoms with van der Waals surface area (Å²) in [5, 5.41) is 8.69. The van der Waals surface area contributed by atoms with E-state index < -0.39 is 32.9 Å². The van der Waals surface area contributed by atoms with E-state index in [2.05, 4.69) is 0 Å². The smallest absolute Gasteiger partial charge is 0.303 e. The van der Waals surface area contributed by atoms with Crippen molar-refractivity contribution in [2.45, 2.75) is 19.3 Å². The lowest BCUT2D eigenvalue weighted by Gasteiger charge is -2.14. The molecule has 1 saturated carbocycles. The first-order chi connectivity index (χ1) is 7.66. The third-order valence-corrected chi connectivity index (χ3v) is 4.59. The SMILES string of the molecule is CN(C)C(=O)CS(=O)(=O)CC1(CC(=O)O)CC1. The van der Waals surface area contributed by atoms with Gasteiger partial charge in [-0.25, -0.2) is 8.42 Å². The van der Waals surface area contributed by atoms with Crippen LogP contribution in [0.4, 0.5) is 0 Å². The number of carboxylic acid groups (broad SMARTS) is 1. The summed E-state index contributed by atoms with van der Waals surface area (Å²) in [5.74, 6) is -2.21. The lowest BCUT2D eigenvalue weighted by Crippen LogP contribution is -2.32. The largest absolute Gasteiger partial charge is 0.481 e. The fourth-order valence-electron chi connectivity index (χ4n) is 1.70. The summed E-state index contributed by atoms with van der Waals surface area (Å²) in [6, 6.07) is 0. The van der Waals surface area contributed by atoms with Gasteiger partial charge < -0.3 is 10.0 Å². The molecule has 0 heterocycles. The number of aliphatic carboxylic acids is 1. The molecule has 0 aromatic heterocycles. The van der Waals surface area contributed by atoms with E-state index >= 15 is 0 Å². The summed E-state index contributed by atoms with van der Waals surface area (Å²) in [6.07, 6.45) is 1.08. The lowest BCUT2D eigenvalue weighted by atomic mass is 10.1. The molecule has 0 saturated heterocycles. The van der Waals surface area contributed by atoms with E-state index in [1.54, 1.807) is 0 Å². The van der Waals surface area contributed by atoms with Crippen molar-refractivity contribution in [2.75, 3.05) is 25.6 Å². The highest BCUT2D eigenvalue weighted by Crippen LogP contribution is 2.49. The van der Waals surface area contributed by atoms with Crippen LogP contribution in [-0.4, -0.2) is 55.9 Å². The van der Waals surface area contributed by atoms with E-state index in [4.69, 9.17) is 5.11 Å². The Morgan fingerprint density at radius 1 is 1.29 bits per heavy atom. The Balaban J connectivity index is 2.61. The number of carbonyl (C=O) groups excluding carboxylic acids is 1. The number of nitrogens with zero attached hydrogens (tertiary/aromatic N) is 1. The number of rotatable bonds is 6. The Bertz CT molecular complexity index is 422. The minimum Gasteiger partial charge on any atom is -0.481 e. The van der Waals surface area contributed by atoms with Crippen molar-refractivity contribution in [3.8, 4) is 0 Å². The van der Waals surface area contributed by atoms with Crippen molar-refractivity contribution in [2.24, 2.45) is 5.41 Å². The molecule has 0 atom stereocenters. The van der Waals surface area contributed by atoms with Crippen LogP contribution in [-0.2, 0) is 19.4 Å². The standard InChI is InChI=1S/C10H17NO5S/c1-11(2)8(12)6-17(15,16)7-10(3-4-10)5-9(13)14/h3-7H2,1-2H3,(H,13,14). The molecule has 1 aliphatic rings. The first kappa shape index (κ1) is 14.0. The maximum Gasteiger partial charge on any atom is 0.303 e. The number of carboxylic acids is 1.